The Hall–Kier alpha value is -3.25. The van der Waals surface area contributed by atoms with Crippen molar-refractivity contribution in [3.63, 3.8) is 0 Å². The monoisotopic (exact) mass is 443 g/mol. The van der Waals surface area contributed by atoms with Crippen LogP contribution in [0.1, 0.15) is 41.8 Å². The first-order chi connectivity index (χ1) is 15.5. The molecule has 1 unspecified atom stereocenters. The van der Waals surface area contributed by atoms with E-state index in [2.05, 4.69) is 5.32 Å². The van der Waals surface area contributed by atoms with Crippen molar-refractivity contribution in [3.05, 3.63) is 81.0 Å². The zero-order valence-electron chi connectivity index (χ0n) is 18.2. The summed E-state index contributed by atoms with van der Waals surface area (Å²) < 4.78 is 1.57. The highest BCUT2D eigenvalue weighted by Crippen LogP contribution is 2.35. The van der Waals surface area contributed by atoms with Crippen molar-refractivity contribution in [3.8, 4) is 11.4 Å². The maximum absolute atomic E-state index is 13.8. The van der Waals surface area contributed by atoms with Crippen molar-refractivity contribution in [1.82, 2.24) is 9.55 Å². The number of aryl methyl sites for hydroxylation is 3. The molecule has 0 spiro atoms. The number of benzene rings is 2. The smallest absolute Gasteiger partial charge is 0.263 e. The molecule has 1 atom stereocenters. The van der Waals surface area contributed by atoms with E-state index in [1.165, 1.54) is 4.88 Å². The third kappa shape index (κ3) is 3.65. The molecule has 0 bridgehead atoms. The van der Waals surface area contributed by atoms with Gasteiger partial charge in [-0.15, -0.1) is 11.3 Å². The predicted octanol–water partition coefficient (Wildman–Crippen LogP) is 5.51. The van der Waals surface area contributed by atoms with Gasteiger partial charge in [0.1, 0.15) is 16.7 Å². The molecule has 32 heavy (non-hydrogen) atoms. The molecule has 5 rings (SSSR count). The highest BCUT2D eigenvalue weighted by atomic mass is 32.1. The molecule has 0 fully saturated rings. The minimum absolute atomic E-state index is 0.125. The molecule has 6 heteroatoms. The van der Waals surface area contributed by atoms with Crippen LogP contribution >= 0.6 is 11.3 Å². The van der Waals surface area contributed by atoms with E-state index >= 15 is 0 Å². The van der Waals surface area contributed by atoms with E-state index in [0.717, 1.165) is 47.2 Å². The Labute approximate surface area is 190 Å². The summed E-state index contributed by atoms with van der Waals surface area (Å²) in [6, 6.07) is 16.6. The average molecular weight is 444 g/mol. The quantitative estimate of drug-likeness (QED) is 0.452. The maximum atomic E-state index is 13.8. The highest BCUT2D eigenvalue weighted by Gasteiger charge is 2.27. The number of nitrogens with zero attached hydrogens (tertiary/aromatic N) is 2. The fourth-order valence-corrected chi connectivity index (χ4v) is 5.62. The Morgan fingerprint density at radius 1 is 1.06 bits per heavy atom. The zero-order chi connectivity index (χ0) is 22.2. The van der Waals surface area contributed by atoms with Gasteiger partial charge in [-0.25, -0.2) is 4.98 Å². The molecule has 2 aromatic heterocycles. The number of fused-ring (bicyclic) bond motifs is 3. The topological polar surface area (TPSA) is 64.0 Å². The zero-order valence-corrected chi connectivity index (χ0v) is 19.0. The molecule has 1 N–H and O–H groups in total. The van der Waals surface area contributed by atoms with Gasteiger partial charge in [0.05, 0.1) is 5.39 Å². The first kappa shape index (κ1) is 20.6. The normalized spacial score (nSPS) is 14.2. The lowest BCUT2D eigenvalue weighted by Gasteiger charge is -2.20. The van der Waals surface area contributed by atoms with Crippen molar-refractivity contribution in [2.45, 2.75) is 45.6 Å². The second kappa shape index (κ2) is 8.36. The van der Waals surface area contributed by atoms with Crippen LogP contribution in [0.15, 0.2) is 59.4 Å². The third-order valence-corrected chi connectivity index (χ3v) is 7.32. The number of thiophene rings is 1. The van der Waals surface area contributed by atoms with Gasteiger partial charge in [0.15, 0.2) is 0 Å². The van der Waals surface area contributed by atoms with E-state index in [0.29, 0.717) is 16.9 Å². The van der Waals surface area contributed by atoms with Crippen molar-refractivity contribution in [2.24, 2.45) is 0 Å². The van der Waals surface area contributed by atoms with Gasteiger partial charge in [0.25, 0.3) is 5.56 Å². The summed E-state index contributed by atoms with van der Waals surface area (Å²) in [4.78, 5) is 34.0. The minimum atomic E-state index is -0.713. The Bertz CT molecular complexity index is 1350. The van der Waals surface area contributed by atoms with Gasteiger partial charge in [-0.1, -0.05) is 48.0 Å². The summed E-state index contributed by atoms with van der Waals surface area (Å²) in [5.41, 5.74) is 3.67. The van der Waals surface area contributed by atoms with Crippen molar-refractivity contribution < 1.29 is 4.79 Å². The summed E-state index contributed by atoms with van der Waals surface area (Å²) in [6.45, 7) is 3.77. The second-order valence-electron chi connectivity index (χ2n) is 8.40. The number of hydrogen-bond acceptors (Lipinski definition) is 4. The third-order valence-electron chi connectivity index (χ3n) is 6.14. The van der Waals surface area contributed by atoms with Gasteiger partial charge < -0.3 is 5.32 Å². The van der Waals surface area contributed by atoms with E-state index < -0.39 is 6.04 Å². The van der Waals surface area contributed by atoms with Crippen LogP contribution in [0.2, 0.25) is 0 Å². The largest absolute Gasteiger partial charge is 0.324 e. The summed E-state index contributed by atoms with van der Waals surface area (Å²) in [5, 5.41) is 3.65. The van der Waals surface area contributed by atoms with Crippen LogP contribution < -0.4 is 10.9 Å². The first-order valence-corrected chi connectivity index (χ1v) is 11.8. The van der Waals surface area contributed by atoms with Crippen molar-refractivity contribution in [2.75, 3.05) is 5.32 Å². The molecule has 0 radical (unpaired) electrons. The van der Waals surface area contributed by atoms with Crippen molar-refractivity contribution >= 4 is 33.1 Å². The molecular weight excluding hydrogens is 418 g/mol. The van der Waals surface area contributed by atoms with Gasteiger partial charge in [0.2, 0.25) is 5.91 Å². The Morgan fingerprint density at radius 2 is 1.78 bits per heavy atom. The number of aromatic nitrogens is 2. The van der Waals surface area contributed by atoms with Crippen LogP contribution in [0.25, 0.3) is 21.6 Å². The van der Waals surface area contributed by atoms with E-state index in [9.17, 15) is 9.59 Å². The van der Waals surface area contributed by atoms with Crippen LogP contribution in [0.5, 0.6) is 0 Å². The lowest BCUT2D eigenvalue weighted by molar-refractivity contribution is -0.118. The highest BCUT2D eigenvalue weighted by molar-refractivity contribution is 7.18. The number of carbonyl (C=O) groups excluding carboxylic acids is 1. The molecule has 1 amide bonds. The number of hydrogen-bond donors (Lipinski definition) is 1. The van der Waals surface area contributed by atoms with Crippen LogP contribution in [0.4, 0.5) is 5.69 Å². The molecule has 4 aromatic rings. The van der Waals surface area contributed by atoms with Gasteiger partial charge in [-0.05, 0) is 57.2 Å². The van der Waals surface area contributed by atoms with E-state index in [4.69, 9.17) is 4.98 Å². The first-order valence-electron chi connectivity index (χ1n) is 11.0. The van der Waals surface area contributed by atoms with E-state index in [1.54, 1.807) is 22.8 Å². The van der Waals surface area contributed by atoms with Crippen molar-refractivity contribution in [1.29, 1.82) is 0 Å². The number of anilines is 1. The minimum Gasteiger partial charge on any atom is -0.324 e. The average Bonchev–Trinajstić information content (AvgIpc) is 3.19. The Balaban J connectivity index is 1.65. The van der Waals surface area contributed by atoms with Crippen LogP contribution in [-0.2, 0) is 17.6 Å². The fourth-order valence-electron chi connectivity index (χ4n) is 4.37. The molecule has 0 aliphatic heterocycles. The Kier molecular flexibility index (Phi) is 5.39. The molecule has 2 aromatic carbocycles. The number of carbonyl (C=O) groups is 1. The summed E-state index contributed by atoms with van der Waals surface area (Å²) in [7, 11) is 0. The molecule has 1 aliphatic carbocycles. The second-order valence-corrected chi connectivity index (χ2v) is 9.48. The summed E-state index contributed by atoms with van der Waals surface area (Å²) in [6.07, 6.45) is 4.14. The molecular formula is C26H25N3O2S. The SMILES string of the molecule is Cc1ccc(NC(=O)C(C)n2c(-c3ccccc3)nc3sc4c(c3c2=O)CCCC4)cc1. The predicted molar refractivity (Wildman–Crippen MR) is 130 cm³/mol. The fraction of sp³-hybridized carbons (Fsp3) is 0.269. The summed E-state index contributed by atoms with van der Waals surface area (Å²) >= 11 is 1.63. The molecule has 0 saturated heterocycles. The standard InChI is InChI=1S/C26H25N3O2S/c1-16-12-14-19(15-13-16)27-24(30)17(2)29-23(18-8-4-3-5-9-18)28-25-22(26(29)31)20-10-6-7-11-21(20)32-25/h3-5,8-9,12-15,17H,6-7,10-11H2,1-2H3,(H,27,30). The number of amides is 1. The van der Waals surface area contributed by atoms with Gasteiger partial charge in [-0.3, -0.25) is 14.2 Å². The maximum Gasteiger partial charge on any atom is 0.263 e. The van der Waals surface area contributed by atoms with E-state index in [-0.39, 0.29) is 11.5 Å². The van der Waals surface area contributed by atoms with Gasteiger partial charge in [-0.2, -0.15) is 0 Å². The Morgan fingerprint density at radius 3 is 2.53 bits per heavy atom. The molecule has 2 heterocycles. The molecule has 0 saturated carbocycles. The summed E-state index contributed by atoms with van der Waals surface area (Å²) in [5.74, 6) is 0.298. The molecule has 5 nitrogen and oxygen atoms in total. The molecule has 1 aliphatic rings. The lowest BCUT2D eigenvalue weighted by atomic mass is 9.97. The van der Waals surface area contributed by atoms with Crippen LogP contribution in [0, 0.1) is 6.92 Å². The van der Waals surface area contributed by atoms with Gasteiger partial charge >= 0.3 is 0 Å². The van der Waals surface area contributed by atoms with E-state index in [1.807, 2.05) is 61.5 Å². The lowest BCUT2D eigenvalue weighted by Crippen LogP contribution is -2.33. The number of rotatable bonds is 4. The van der Waals surface area contributed by atoms with Crippen LogP contribution in [0.3, 0.4) is 0 Å². The van der Waals surface area contributed by atoms with Crippen LogP contribution in [-0.4, -0.2) is 15.5 Å². The van der Waals surface area contributed by atoms with Gasteiger partial charge in [0, 0.05) is 16.1 Å². The number of nitrogens with one attached hydrogen (secondary N) is 1. The molecule has 162 valence electrons.